The number of ether oxygens (including phenoxy) is 1. The number of allylic oxidation sites excluding steroid dienone is 1. The minimum atomic E-state index is -0.294. The summed E-state index contributed by atoms with van der Waals surface area (Å²) in [7, 11) is 1.34. The van der Waals surface area contributed by atoms with Crippen molar-refractivity contribution in [2.24, 2.45) is 0 Å². The first kappa shape index (κ1) is 12.7. The number of esters is 1. The van der Waals surface area contributed by atoms with Crippen LogP contribution in [0.3, 0.4) is 0 Å². The van der Waals surface area contributed by atoms with Crippen molar-refractivity contribution < 1.29 is 14.3 Å². The summed E-state index contributed by atoms with van der Waals surface area (Å²) in [6, 6.07) is 0. The fraction of sp³-hybridized carbons (Fsp3) is 0.667. The van der Waals surface area contributed by atoms with Gasteiger partial charge in [0.05, 0.1) is 13.5 Å². The lowest BCUT2D eigenvalue weighted by Crippen LogP contribution is -2.26. The van der Waals surface area contributed by atoms with E-state index >= 15 is 0 Å². The molecule has 16 heavy (non-hydrogen) atoms. The van der Waals surface area contributed by atoms with E-state index in [2.05, 4.69) is 16.1 Å². The van der Waals surface area contributed by atoms with Gasteiger partial charge in [0.2, 0.25) is 5.91 Å². The van der Waals surface area contributed by atoms with E-state index in [0.29, 0.717) is 13.0 Å². The number of carbonyl (C=O) groups is 2. The second-order valence-corrected chi connectivity index (χ2v) is 3.96. The molecule has 0 aromatic carbocycles. The highest BCUT2D eigenvalue weighted by Crippen LogP contribution is 2.19. The van der Waals surface area contributed by atoms with Crippen LogP contribution in [0.1, 0.15) is 38.5 Å². The van der Waals surface area contributed by atoms with E-state index in [1.165, 1.54) is 25.5 Å². The lowest BCUT2D eigenvalue weighted by atomic mass is 9.97. The average Bonchev–Trinajstić information content (AvgIpc) is 2.30. The molecule has 1 amide bonds. The molecule has 90 valence electrons. The molecule has 1 aliphatic rings. The molecule has 0 aromatic rings. The van der Waals surface area contributed by atoms with E-state index in [0.717, 1.165) is 12.8 Å². The standard InChI is InChI=1S/C12H19NO3/c1-16-12(15)7-8-13-11(14)9-10-5-3-2-4-6-10/h5H,2-4,6-9H2,1H3,(H,13,14). The van der Waals surface area contributed by atoms with Crippen LogP contribution < -0.4 is 5.32 Å². The van der Waals surface area contributed by atoms with Crippen molar-refractivity contribution in [1.82, 2.24) is 5.32 Å². The summed E-state index contributed by atoms with van der Waals surface area (Å²) in [4.78, 5) is 22.3. The Hall–Kier alpha value is -1.32. The Kier molecular flexibility index (Phi) is 5.61. The molecule has 0 radical (unpaired) electrons. The minimum absolute atomic E-state index is 0.00273. The Bertz CT molecular complexity index is 284. The molecule has 4 nitrogen and oxygen atoms in total. The number of rotatable bonds is 5. The molecular weight excluding hydrogens is 206 g/mol. The van der Waals surface area contributed by atoms with Gasteiger partial charge >= 0.3 is 5.97 Å². The monoisotopic (exact) mass is 225 g/mol. The van der Waals surface area contributed by atoms with E-state index < -0.39 is 0 Å². The average molecular weight is 225 g/mol. The zero-order chi connectivity index (χ0) is 11.8. The molecule has 0 bridgehead atoms. The molecule has 1 aliphatic carbocycles. The van der Waals surface area contributed by atoms with Crippen molar-refractivity contribution in [3.05, 3.63) is 11.6 Å². The van der Waals surface area contributed by atoms with Gasteiger partial charge in [0, 0.05) is 13.0 Å². The van der Waals surface area contributed by atoms with Gasteiger partial charge in [0.25, 0.3) is 0 Å². The predicted octanol–water partition coefficient (Wildman–Crippen LogP) is 1.56. The molecular formula is C12H19NO3. The highest BCUT2D eigenvalue weighted by Gasteiger charge is 2.09. The summed E-state index contributed by atoms with van der Waals surface area (Å²) in [5.41, 5.74) is 1.22. The quantitative estimate of drug-likeness (QED) is 0.570. The normalized spacial score (nSPS) is 15.2. The van der Waals surface area contributed by atoms with Gasteiger partial charge in [-0.3, -0.25) is 9.59 Å². The Morgan fingerprint density at radius 3 is 2.88 bits per heavy atom. The Morgan fingerprint density at radius 1 is 1.44 bits per heavy atom. The van der Waals surface area contributed by atoms with Crippen LogP contribution in [0, 0.1) is 0 Å². The van der Waals surface area contributed by atoms with Crippen LogP contribution in [0.5, 0.6) is 0 Å². The molecule has 0 unspecified atom stereocenters. The third-order valence-corrected chi connectivity index (χ3v) is 2.65. The second-order valence-electron chi connectivity index (χ2n) is 3.96. The van der Waals surface area contributed by atoms with E-state index in [9.17, 15) is 9.59 Å². The first-order valence-electron chi connectivity index (χ1n) is 5.74. The number of methoxy groups -OCH3 is 1. The molecule has 1 N–H and O–H groups in total. The van der Waals surface area contributed by atoms with Crippen molar-refractivity contribution in [3.63, 3.8) is 0 Å². The van der Waals surface area contributed by atoms with Gasteiger partial charge in [0.15, 0.2) is 0 Å². The highest BCUT2D eigenvalue weighted by atomic mass is 16.5. The molecule has 0 atom stereocenters. The molecule has 0 aliphatic heterocycles. The van der Waals surface area contributed by atoms with Gasteiger partial charge in [-0.25, -0.2) is 0 Å². The first-order chi connectivity index (χ1) is 7.72. The molecule has 0 saturated carbocycles. The smallest absolute Gasteiger partial charge is 0.307 e. The third-order valence-electron chi connectivity index (χ3n) is 2.65. The van der Waals surface area contributed by atoms with Crippen LogP contribution in [-0.4, -0.2) is 25.5 Å². The van der Waals surface area contributed by atoms with Crippen molar-refractivity contribution in [2.45, 2.75) is 38.5 Å². The SMILES string of the molecule is COC(=O)CCNC(=O)CC1=CCCCC1. The number of amides is 1. The highest BCUT2D eigenvalue weighted by molar-refractivity contribution is 5.79. The van der Waals surface area contributed by atoms with E-state index in [4.69, 9.17) is 0 Å². The van der Waals surface area contributed by atoms with Crippen LogP contribution in [0.15, 0.2) is 11.6 Å². The zero-order valence-electron chi connectivity index (χ0n) is 9.75. The molecule has 0 aromatic heterocycles. The Morgan fingerprint density at radius 2 is 2.25 bits per heavy atom. The maximum atomic E-state index is 11.5. The third kappa shape index (κ3) is 4.96. The number of hydrogen-bond donors (Lipinski definition) is 1. The summed E-state index contributed by atoms with van der Waals surface area (Å²) in [5, 5.41) is 2.71. The van der Waals surface area contributed by atoms with Crippen molar-refractivity contribution in [3.8, 4) is 0 Å². The lowest BCUT2D eigenvalue weighted by Gasteiger charge is -2.12. The molecule has 4 heteroatoms. The largest absolute Gasteiger partial charge is 0.469 e. The first-order valence-corrected chi connectivity index (χ1v) is 5.74. The van der Waals surface area contributed by atoms with Crippen LogP contribution in [-0.2, 0) is 14.3 Å². The van der Waals surface area contributed by atoms with Crippen LogP contribution in [0.4, 0.5) is 0 Å². The second kappa shape index (κ2) is 7.04. The molecule has 0 fully saturated rings. The Balaban J connectivity index is 2.15. The van der Waals surface area contributed by atoms with Crippen LogP contribution in [0.25, 0.3) is 0 Å². The van der Waals surface area contributed by atoms with Gasteiger partial charge < -0.3 is 10.1 Å². The maximum absolute atomic E-state index is 11.5. The van der Waals surface area contributed by atoms with Crippen molar-refractivity contribution in [2.75, 3.05) is 13.7 Å². The van der Waals surface area contributed by atoms with Crippen LogP contribution >= 0.6 is 0 Å². The summed E-state index contributed by atoms with van der Waals surface area (Å²) < 4.78 is 4.48. The predicted molar refractivity (Wildman–Crippen MR) is 60.8 cm³/mol. The van der Waals surface area contributed by atoms with E-state index in [1.54, 1.807) is 0 Å². The van der Waals surface area contributed by atoms with Gasteiger partial charge in [0.1, 0.15) is 0 Å². The molecule has 0 heterocycles. The van der Waals surface area contributed by atoms with E-state index in [1.807, 2.05) is 0 Å². The lowest BCUT2D eigenvalue weighted by molar-refractivity contribution is -0.140. The molecule has 1 rings (SSSR count). The van der Waals surface area contributed by atoms with Gasteiger partial charge in [-0.05, 0) is 25.7 Å². The summed E-state index contributed by atoms with van der Waals surface area (Å²) in [6.07, 6.45) is 7.40. The molecule has 0 saturated heterocycles. The van der Waals surface area contributed by atoms with Gasteiger partial charge in [-0.1, -0.05) is 11.6 Å². The van der Waals surface area contributed by atoms with Crippen molar-refractivity contribution >= 4 is 11.9 Å². The number of hydrogen-bond acceptors (Lipinski definition) is 3. The number of carbonyl (C=O) groups excluding carboxylic acids is 2. The van der Waals surface area contributed by atoms with Gasteiger partial charge in [-0.2, -0.15) is 0 Å². The van der Waals surface area contributed by atoms with Crippen LogP contribution in [0.2, 0.25) is 0 Å². The summed E-state index contributed by atoms with van der Waals surface area (Å²) in [6.45, 7) is 0.360. The zero-order valence-corrected chi connectivity index (χ0v) is 9.75. The summed E-state index contributed by atoms with van der Waals surface area (Å²) in [5.74, 6) is -0.297. The number of nitrogens with one attached hydrogen (secondary N) is 1. The minimum Gasteiger partial charge on any atom is -0.469 e. The van der Waals surface area contributed by atoms with Crippen molar-refractivity contribution in [1.29, 1.82) is 0 Å². The fourth-order valence-electron chi connectivity index (χ4n) is 1.74. The summed E-state index contributed by atoms with van der Waals surface area (Å²) >= 11 is 0. The van der Waals surface area contributed by atoms with E-state index in [-0.39, 0.29) is 18.3 Å². The van der Waals surface area contributed by atoms with Gasteiger partial charge in [-0.15, -0.1) is 0 Å². The molecule has 0 spiro atoms. The topological polar surface area (TPSA) is 55.4 Å². The fourth-order valence-corrected chi connectivity index (χ4v) is 1.74. The Labute approximate surface area is 96.0 Å². The maximum Gasteiger partial charge on any atom is 0.307 e.